The van der Waals surface area contributed by atoms with E-state index in [0.717, 1.165) is 15.8 Å². The minimum absolute atomic E-state index is 0.691. The minimum atomic E-state index is 0.691. The van der Waals surface area contributed by atoms with Crippen LogP contribution in [-0.4, -0.2) is 21.3 Å². The second-order valence-electron chi connectivity index (χ2n) is 2.86. The van der Waals surface area contributed by atoms with Crippen molar-refractivity contribution in [2.75, 3.05) is 21.3 Å². The summed E-state index contributed by atoms with van der Waals surface area (Å²) in [6.45, 7) is 7.79. The summed E-state index contributed by atoms with van der Waals surface area (Å²) in [7, 11) is 4.81. The number of allylic oxidation sites excluding steroid dienone is 4. The Morgan fingerprint density at radius 3 is 1.88 bits per heavy atom. The average molecular weight is 307 g/mol. The topological polar surface area (TPSA) is 27.7 Å². The van der Waals surface area contributed by atoms with Crippen LogP contribution in [0.1, 0.15) is 27.7 Å². The zero-order valence-corrected chi connectivity index (χ0v) is 13.3. The lowest BCUT2D eigenvalue weighted by molar-refractivity contribution is 0.232. The van der Waals surface area contributed by atoms with Crippen molar-refractivity contribution in [3.05, 3.63) is 33.9 Å². The molecular formula is C13H23BrO3. The average Bonchev–Trinajstić information content (AvgIpc) is 2.37. The van der Waals surface area contributed by atoms with Crippen LogP contribution in [0.2, 0.25) is 0 Å². The van der Waals surface area contributed by atoms with Crippen molar-refractivity contribution in [1.29, 1.82) is 0 Å². The van der Waals surface area contributed by atoms with Gasteiger partial charge < -0.3 is 14.2 Å². The van der Waals surface area contributed by atoms with Crippen LogP contribution in [0.15, 0.2) is 33.9 Å². The third-order valence-corrected chi connectivity index (χ3v) is 2.63. The number of halogens is 1. The van der Waals surface area contributed by atoms with Gasteiger partial charge in [-0.05, 0) is 41.4 Å². The number of hydrogen-bond acceptors (Lipinski definition) is 3. The van der Waals surface area contributed by atoms with Crippen LogP contribution >= 0.6 is 15.9 Å². The van der Waals surface area contributed by atoms with Gasteiger partial charge in [-0.25, -0.2) is 0 Å². The molecule has 0 aromatic rings. The minimum Gasteiger partial charge on any atom is -0.503 e. The van der Waals surface area contributed by atoms with E-state index < -0.39 is 0 Å². The molecule has 0 aromatic heterocycles. The Kier molecular flexibility index (Phi) is 12.6. The van der Waals surface area contributed by atoms with Crippen LogP contribution in [0.3, 0.4) is 0 Å². The van der Waals surface area contributed by atoms with E-state index in [4.69, 9.17) is 14.2 Å². The van der Waals surface area contributed by atoms with E-state index in [0.29, 0.717) is 5.76 Å². The number of ether oxygens (including phenoxy) is 3. The molecule has 0 unspecified atom stereocenters. The monoisotopic (exact) mass is 306 g/mol. The molecule has 0 atom stereocenters. The van der Waals surface area contributed by atoms with Crippen molar-refractivity contribution in [2.24, 2.45) is 0 Å². The predicted octanol–water partition coefficient (Wildman–Crippen LogP) is 4.37. The maximum atomic E-state index is 5.19. The summed E-state index contributed by atoms with van der Waals surface area (Å²) in [5.74, 6) is 1.42. The van der Waals surface area contributed by atoms with E-state index in [1.807, 2.05) is 33.8 Å². The fraction of sp³-hybridized carbons (Fsp3) is 0.538. The first-order chi connectivity index (χ1) is 8.06. The van der Waals surface area contributed by atoms with Gasteiger partial charge in [0.1, 0.15) is 5.76 Å². The second kappa shape index (κ2) is 11.6. The molecule has 100 valence electrons. The molecule has 0 radical (unpaired) electrons. The Morgan fingerprint density at radius 2 is 1.53 bits per heavy atom. The van der Waals surface area contributed by atoms with Gasteiger partial charge in [0.2, 0.25) is 0 Å². The third kappa shape index (κ3) is 7.91. The van der Waals surface area contributed by atoms with Gasteiger partial charge >= 0.3 is 0 Å². The van der Waals surface area contributed by atoms with E-state index in [1.165, 1.54) is 0 Å². The molecular weight excluding hydrogens is 284 g/mol. The molecule has 0 aliphatic rings. The van der Waals surface area contributed by atoms with E-state index in [9.17, 15) is 0 Å². The maximum absolute atomic E-state index is 5.19. The summed E-state index contributed by atoms with van der Waals surface area (Å²) in [5, 5.41) is 0. The highest BCUT2D eigenvalue weighted by atomic mass is 79.9. The molecule has 3 nitrogen and oxygen atoms in total. The van der Waals surface area contributed by atoms with Gasteiger partial charge in [-0.3, -0.25) is 0 Å². The molecule has 0 aliphatic heterocycles. The fourth-order valence-electron chi connectivity index (χ4n) is 0.867. The summed E-state index contributed by atoms with van der Waals surface area (Å²) >= 11 is 3.38. The molecule has 0 bridgehead atoms. The SMILES string of the molecule is CC.CO/C=C(Br)/C(C)=C\C(OC)=C(/C)OC. The van der Waals surface area contributed by atoms with Crippen molar-refractivity contribution >= 4 is 15.9 Å². The lowest BCUT2D eigenvalue weighted by Crippen LogP contribution is -1.92. The highest BCUT2D eigenvalue weighted by Crippen LogP contribution is 2.20. The molecule has 4 heteroatoms. The van der Waals surface area contributed by atoms with Gasteiger partial charge in [0.25, 0.3) is 0 Å². The second-order valence-corrected chi connectivity index (χ2v) is 3.71. The number of hydrogen-bond donors (Lipinski definition) is 0. The molecule has 0 saturated heterocycles. The first-order valence-corrected chi connectivity index (χ1v) is 6.22. The molecule has 0 rings (SSSR count). The van der Waals surface area contributed by atoms with Crippen molar-refractivity contribution in [1.82, 2.24) is 0 Å². The van der Waals surface area contributed by atoms with Crippen molar-refractivity contribution in [2.45, 2.75) is 27.7 Å². The van der Waals surface area contributed by atoms with Crippen molar-refractivity contribution in [3.63, 3.8) is 0 Å². The normalized spacial score (nSPS) is 13.2. The van der Waals surface area contributed by atoms with Gasteiger partial charge in [-0.15, -0.1) is 0 Å². The summed E-state index contributed by atoms with van der Waals surface area (Å²) in [4.78, 5) is 0. The van der Waals surface area contributed by atoms with Crippen molar-refractivity contribution in [3.8, 4) is 0 Å². The van der Waals surface area contributed by atoms with Crippen LogP contribution in [-0.2, 0) is 14.2 Å². The fourth-order valence-corrected chi connectivity index (χ4v) is 1.17. The zero-order valence-electron chi connectivity index (χ0n) is 11.8. The first-order valence-electron chi connectivity index (χ1n) is 5.42. The molecule has 17 heavy (non-hydrogen) atoms. The molecule has 0 spiro atoms. The van der Waals surface area contributed by atoms with Crippen LogP contribution in [0, 0.1) is 0 Å². The Morgan fingerprint density at radius 1 is 1.00 bits per heavy atom. The van der Waals surface area contributed by atoms with Gasteiger partial charge in [0.05, 0.1) is 32.1 Å². The van der Waals surface area contributed by atoms with Gasteiger partial charge in [-0.1, -0.05) is 13.8 Å². The highest BCUT2D eigenvalue weighted by Gasteiger charge is 2.02. The van der Waals surface area contributed by atoms with Crippen molar-refractivity contribution < 1.29 is 14.2 Å². The van der Waals surface area contributed by atoms with E-state index in [1.54, 1.807) is 27.6 Å². The highest BCUT2D eigenvalue weighted by molar-refractivity contribution is 9.11. The molecule has 0 amide bonds. The Bertz CT molecular complexity index is 291. The number of methoxy groups -OCH3 is 3. The quantitative estimate of drug-likeness (QED) is 0.558. The van der Waals surface area contributed by atoms with E-state index in [-0.39, 0.29) is 0 Å². The molecule has 0 N–H and O–H groups in total. The van der Waals surface area contributed by atoms with Gasteiger partial charge in [0, 0.05) is 0 Å². The van der Waals surface area contributed by atoms with Gasteiger partial charge in [-0.2, -0.15) is 0 Å². The summed E-state index contributed by atoms with van der Waals surface area (Å²) in [6, 6.07) is 0. The third-order valence-electron chi connectivity index (χ3n) is 1.82. The Hall–Kier alpha value is -0.900. The predicted molar refractivity (Wildman–Crippen MR) is 75.8 cm³/mol. The zero-order chi connectivity index (χ0) is 13.8. The van der Waals surface area contributed by atoms with Crippen LogP contribution in [0.5, 0.6) is 0 Å². The molecule has 0 saturated carbocycles. The summed E-state index contributed by atoms with van der Waals surface area (Å²) in [5.41, 5.74) is 0.991. The van der Waals surface area contributed by atoms with Crippen LogP contribution < -0.4 is 0 Å². The first kappa shape index (κ1) is 18.5. The molecule has 0 aromatic carbocycles. The molecule has 0 heterocycles. The Balaban J connectivity index is 0. The molecule has 0 fully saturated rings. The lowest BCUT2D eigenvalue weighted by Gasteiger charge is -2.07. The smallest absolute Gasteiger partial charge is 0.156 e. The van der Waals surface area contributed by atoms with Gasteiger partial charge in [0.15, 0.2) is 5.76 Å². The molecule has 0 aliphatic carbocycles. The largest absolute Gasteiger partial charge is 0.503 e. The van der Waals surface area contributed by atoms with E-state index in [2.05, 4.69) is 15.9 Å². The summed E-state index contributed by atoms with van der Waals surface area (Å²) in [6.07, 6.45) is 3.49. The maximum Gasteiger partial charge on any atom is 0.156 e. The standard InChI is InChI=1S/C11H17BrO3.C2H6/c1-8(10(12)7-13-3)6-11(15-5)9(2)14-4;1-2/h6-7H,1-5H3;1-2H3/b8-6-,10-7-,11-9-;. The number of rotatable bonds is 5. The van der Waals surface area contributed by atoms with E-state index >= 15 is 0 Å². The lowest BCUT2D eigenvalue weighted by atomic mass is 10.2. The Labute approximate surface area is 113 Å². The summed E-state index contributed by atoms with van der Waals surface area (Å²) < 4.78 is 16.0. The van der Waals surface area contributed by atoms with Crippen LogP contribution in [0.25, 0.3) is 0 Å². The van der Waals surface area contributed by atoms with Crippen LogP contribution in [0.4, 0.5) is 0 Å².